The van der Waals surface area contributed by atoms with E-state index in [1.165, 1.54) is 24.3 Å². The average molecular weight is 323 g/mol. The molecule has 0 saturated heterocycles. The number of aryl methyl sites for hydroxylation is 1. The molecule has 0 spiro atoms. The summed E-state index contributed by atoms with van der Waals surface area (Å²) in [6, 6.07) is 5.54. The molecule has 20 heavy (non-hydrogen) atoms. The Balaban J connectivity index is 3.31. The van der Waals surface area contributed by atoms with E-state index in [4.69, 9.17) is 5.21 Å². The van der Waals surface area contributed by atoms with E-state index in [1.807, 2.05) is 0 Å². The Morgan fingerprint density at radius 1 is 1.30 bits per heavy atom. The Hall–Kier alpha value is -1.25. The van der Waals surface area contributed by atoms with Crippen LogP contribution in [-0.4, -0.2) is 35.1 Å². The van der Waals surface area contributed by atoms with Gasteiger partial charge in [0.1, 0.15) is 5.75 Å². The molecule has 0 aliphatic rings. The van der Waals surface area contributed by atoms with Gasteiger partial charge < -0.3 is 9.79 Å². The lowest BCUT2D eigenvalue weighted by Crippen LogP contribution is -2.30. The molecular formula is C10H14NO7PS. The highest BCUT2D eigenvalue weighted by Crippen LogP contribution is 2.55. The van der Waals surface area contributed by atoms with Gasteiger partial charge in [0.25, 0.3) is 5.91 Å². The molecule has 112 valence electrons. The van der Waals surface area contributed by atoms with Gasteiger partial charge >= 0.3 is 7.60 Å². The molecular weight excluding hydrogens is 309 g/mol. The van der Waals surface area contributed by atoms with Gasteiger partial charge in [0, 0.05) is 0 Å². The zero-order chi connectivity index (χ0) is 15.6. The molecule has 0 bridgehead atoms. The molecule has 1 aromatic rings. The maximum absolute atomic E-state index is 12.0. The lowest BCUT2D eigenvalue weighted by atomic mass is 10.2. The second-order valence-corrected chi connectivity index (χ2v) is 8.32. The number of hydroxylamine groups is 1. The van der Waals surface area contributed by atoms with Crippen LogP contribution < -0.4 is 5.48 Å². The normalized spacial score (nSPS) is 13.8. The third-order valence-corrected chi connectivity index (χ3v) is 6.78. The summed E-state index contributed by atoms with van der Waals surface area (Å²) in [6.07, 6.45) is 0. The van der Waals surface area contributed by atoms with Gasteiger partial charge in [-0.05, 0) is 12.5 Å². The van der Waals surface area contributed by atoms with E-state index in [2.05, 4.69) is 0 Å². The predicted octanol–water partition coefficient (Wildman–Crippen LogP) is 0.0915. The highest BCUT2D eigenvalue weighted by Gasteiger charge is 2.42. The topological polar surface area (TPSA) is 141 Å². The molecule has 0 aromatic heterocycles. The summed E-state index contributed by atoms with van der Waals surface area (Å²) in [7, 11) is -9.54. The second-order valence-electron chi connectivity index (χ2n) is 4.19. The predicted molar refractivity (Wildman–Crippen MR) is 69.7 cm³/mol. The molecule has 0 aliphatic carbocycles. The van der Waals surface area contributed by atoms with Gasteiger partial charge in [-0.1, -0.05) is 29.8 Å². The van der Waals surface area contributed by atoms with Crippen molar-refractivity contribution in [2.75, 3.05) is 5.75 Å². The van der Waals surface area contributed by atoms with Crippen molar-refractivity contribution in [2.45, 2.75) is 11.9 Å². The molecule has 1 unspecified atom stereocenters. The largest absolute Gasteiger partial charge is 0.348 e. The number of benzene rings is 1. The number of carbonyl (C=O) groups excluding carboxylic acids is 1. The smallest absolute Gasteiger partial charge is 0.323 e. The summed E-state index contributed by atoms with van der Waals surface area (Å²) in [6.45, 7) is 1.73. The monoisotopic (exact) mass is 323 g/mol. The van der Waals surface area contributed by atoms with E-state index in [9.17, 15) is 27.6 Å². The first-order valence-corrected chi connectivity index (χ1v) is 8.74. The zero-order valence-corrected chi connectivity index (χ0v) is 12.1. The van der Waals surface area contributed by atoms with Gasteiger partial charge in [0.05, 0.1) is 0 Å². The summed E-state index contributed by atoms with van der Waals surface area (Å²) in [4.78, 5) is 27.3. The van der Waals surface area contributed by atoms with Crippen LogP contribution >= 0.6 is 7.60 Å². The van der Waals surface area contributed by atoms with Crippen LogP contribution in [0.2, 0.25) is 0 Å². The molecule has 0 saturated carbocycles. The molecule has 10 heteroatoms. The quantitative estimate of drug-likeness (QED) is 0.342. The molecule has 0 fully saturated rings. The summed E-state index contributed by atoms with van der Waals surface area (Å²) in [5.41, 5.74) is 1.78. The third kappa shape index (κ3) is 4.12. The number of hydrogen-bond acceptors (Lipinski definition) is 5. The van der Waals surface area contributed by atoms with E-state index < -0.39 is 34.1 Å². The molecule has 1 rings (SSSR count). The van der Waals surface area contributed by atoms with Crippen molar-refractivity contribution in [1.29, 1.82) is 0 Å². The number of nitrogens with one attached hydrogen (secondary N) is 1. The number of sulfone groups is 1. The van der Waals surface area contributed by atoms with Crippen LogP contribution in [-0.2, 0) is 19.2 Å². The first kappa shape index (κ1) is 16.8. The number of hydrogen-bond donors (Lipinski definition) is 4. The van der Waals surface area contributed by atoms with Crippen LogP contribution in [0.15, 0.2) is 24.3 Å². The highest BCUT2D eigenvalue weighted by molar-refractivity contribution is 7.98. The number of amides is 1. The van der Waals surface area contributed by atoms with Crippen molar-refractivity contribution in [3.8, 4) is 0 Å². The summed E-state index contributed by atoms with van der Waals surface area (Å²) >= 11 is 0. The van der Waals surface area contributed by atoms with E-state index in [0.29, 0.717) is 0 Å². The summed E-state index contributed by atoms with van der Waals surface area (Å²) in [5.74, 6) is -2.50. The van der Waals surface area contributed by atoms with E-state index in [1.54, 1.807) is 6.92 Å². The molecule has 1 amide bonds. The van der Waals surface area contributed by atoms with Crippen LogP contribution in [0.5, 0.6) is 0 Å². The Morgan fingerprint density at radius 2 is 1.80 bits per heavy atom. The van der Waals surface area contributed by atoms with Crippen molar-refractivity contribution in [2.24, 2.45) is 0 Å². The van der Waals surface area contributed by atoms with E-state index in [0.717, 1.165) is 11.0 Å². The second kappa shape index (κ2) is 6.02. The van der Waals surface area contributed by atoms with Crippen molar-refractivity contribution in [3.63, 3.8) is 0 Å². The number of rotatable bonds is 5. The molecule has 0 aliphatic heterocycles. The molecule has 0 radical (unpaired) electrons. The molecule has 0 heterocycles. The zero-order valence-electron chi connectivity index (χ0n) is 10.4. The SMILES string of the molecule is Cc1ccc(C(P(=O)(O)O)S(=O)(=O)CC(=O)NO)cc1. The van der Waals surface area contributed by atoms with Crippen LogP contribution in [0.3, 0.4) is 0 Å². The Morgan fingerprint density at radius 3 is 2.20 bits per heavy atom. The van der Waals surface area contributed by atoms with Crippen molar-refractivity contribution >= 4 is 23.3 Å². The van der Waals surface area contributed by atoms with Gasteiger partial charge in [0.2, 0.25) is 0 Å². The standard InChI is InChI=1S/C10H14NO7PS/c1-7-2-4-8(5-3-7)10(19(14,15)16)20(17,18)6-9(12)11-13/h2-5,10,13H,6H2,1H3,(H,11,12)(H2,14,15,16). The Kier molecular flexibility index (Phi) is 5.06. The lowest BCUT2D eigenvalue weighted by Gasteiger charge is -2.19. The number of carbonyl (C=O) groups is 1. The van der Waals surface area contributed by atoms with E-state index >= 15 is 0 Å². The van der Waals surface area contributed by atoms with Gasteiger partial charge in [0.15, 0.2) is 14.8 Å². The van der Waals surface area contributed by atoms with Gasteiger partial charge in [-0.2, -0.15) is 0 Å². The first-order chi connectivity index (χ1) is 9.08. The maximum atomic E-state index is 12.0. The van der Waals surface area contributed by atoms with Crippen LogP contribution in [0.25, 0.3) is 0 Å². The van der Waals surface area contributed by atoms with E-state index in [-0.39, 0.29) is 5.56 Å². The average Bonchev–Trinajstić information content (AvgIpc) is 2.29. The minimum absolute atomic E-state index is 0.116. The Labute approximate surface area is 115 Å². The van der Waals surface area contributed by atoms with Crippen molar-refractivity contribution in [1.82, 2.24) is 5.48 Å². The summed E-state index contributed by atoms with van der Waals surface area (Å²) in [5, 5.41) is 8.33. The molecule has 1 aromatic carbocycles. The fourth-order valence-electron chi connectivity index (χ4n) is 1.64. The van der Waals surface area contributed by atoms with Gasteiger partial charge in [-0.15, -0.1) is 0 Å². The van der Waals surface area contributed by atoms with Crippen LogP contribution in [0.4, 0.5) is 0 Å². The minimum atomic E-state index is -5.05. The van der Waals surface area contributed by atoms with Crippen molar-refractivity contribution in [3.05, 3.63) is 35.4 Å². The van der Waals surface area contributed by atoms with Gasteiger partial charge in [-0.25, -0.2) is 13.9 Å². The fourth-order valence-corrected chi connectivity index (χ4v) is 5.25. The highest BCUT2D eigenvalue weighted by atomic mass is 32.2. The maximum Gasteiger partial charge on any atom is 0.348 e. The van der Waals surface area contributed by atoms with Crippen LogP contribution in [0, 0.1) is 6.92 Å². The Bertz CT molecular complexity index is 634. The minimum Gasteiger partial charge on any atom is -0.323 e. The molecule has 8 nitrogen and oxygen atoms in total. The van der Waals surface area contributed by atoms with Crippen molar-refractivity contribution < 1.29 is 32.8 Å². The third-order valence-electron chi connectivity index (χ3n) is 2.47. The summed E-state index contributed by atoms with van der Waals surface area (Å²) < 4.78 is 35.4. The molecule has 1 atom stereocenters. The fraction of sp³-hybridized carbons (Fsp3) is 0.300. The first-order valence-electron chi connectivity index (χ1n) is 5.34. The molecule has 4 N–H and O–H groups in total. The lowest BCUT2D eigenvalue weighted by molar-refractivity contribution is -0.126. The van der Waals surface area contributed by atoms with Gasteiger partial charge in [-0.3, -0.25) is 14.6 Å². The van der Waals surface area contributed by atoms with Crippen LogP contribution in [0.1, 0.15) is 16.1 Å².